The number of ether oxygens (including phenoxy) is 1. The highest BCUT2D eigenvalue weighted by Crippen LogP contribution is 2.41. The third kappa shape index (κ3) is 4.11. The zero-order valence-electron chi connectivity index (χ0n) is 14.2. The van der Waals surface area contributed by atoms with Crippen molar-refractivity contribution < 1.29 is 42.5 Å². The Morgan fingerprint density at radius 2 is 1.79 bits per heavy atom. The topological polar surface area (TPSA) is 106 Å². The third-order valence-corrected chi connectivity index (χ3v) is 4.26. The third-order valence-electron chi connectivity index (χ3n) is 3.87. The molecule has 2 N–H and O–H groups in total. The van der Waals surface area contributed by atoms with E-state index >= 15 is 0 Å². The van der Waals surface area contributed by atoms with Gasteiger partial charge < -0.3 is 19.5 Å². The Morgan fingerprint density at radius 1 is 1.18 bits per heavy atom. The fourth-order valence-electron chi connectivity index (χ4n) is 2.74. The molecule has 0 bridgehead atoms. The van der Waals surface area contributed by atoms with Crippen LogP contribution in [0.3, 0.4) is 0 Å². The van der Waals surface area contributed by atoms with Crippen molar-refractivity contribution in [3.8, 4) is 11.3 Å². The highest BCUT2D eigenvalue weighted by molar-refractivity contribution is 6.33. The van der Waals surface area contributed by atoms with E-state index in [1.165, 1.54) is 19.1 Å². The number of hydrogen-bond donors (Lipinski definition) is 2. The molecule has 0 aliphatic rings. The molecule has 0 saturated carbocycles. The van der Waals surface area contributed by atoms with Crippen LogP contribution in [-0.2, 0) is 27.0 Å². The van der Waals surface area contributed by atoms with Crippen molar-refractivity contribution >= 4 is 29.5 Å². The van der Waals surface area contributed by atoms with E-state index in [1.54, 1.807) is 0 Å². The molecule has 1 heterocycles. The van der Waals surface area contributed by atoms with Gasteiger partial charge in [-0.25, -0.2) is 14.4 Å². The van der Waals surface area contributed by atoms with E-state index in [2.05, 4.69) is 4.74 Å². The standard InChI is InChI=1S/C17H13ClF3NO6/c1-8-11(14(23)24)13(18)22(6-7-28-16(27)15(25)26)12(8)9-4-2-3-5-10(9)17(19,20)21/h2-5H,6-7H2,1H3,(H,23,24)(H,25,26). The van der Waals surface area contributed by atoms with Gasteiger partial charge in [0.2, 0.25) is 0 Å². The normalized spacial score (nSPS) is 11.3. The highest BCUT2D eigenvalue weighted by atomic mass is 35.5. The molecule has 1 aromatic carbocycles. The van der Waals surface area contributed by atoms with Gasteiger partial charge in [-0.05, 0) is 18.6 Å². The number of carboxylic acid groups (broad SMARTS) is 2. The number of halogens is 4. The van der Waals surface area contributed by atoms with E-state index in [4.69, 9.17) is 16.7 Å². The summed E-state index contributed by atoms with van der Waals surface area (Å²) in [7, 11) is 0. The van der Waals surface area contributed by atoms with Crippen LogP contribution in [0.1, 0.15) is 21.5 Å². The molecule has 0 radical (unpaired) electrons. The minimum Gasteiger partial charge on any atom is -0.478 e. The van der Waals surface area contributed by atoms with Gasteiger partial charge in [-0.1, -0.05) is 29.8 Å². The summed E-state index contributed by atoms with van der Waals surface area (Å²) >= 11 is 6.07. The van der Waals surface area contributed by atoms with Crippen LogP contribution < -0.4 is 0 Å². The number of aromatic nitrogens is 1. The van der Waals surface area contributed by atoms with Crippen LogP contribution in [0.5, 0.6) is 0 Å². The van der Waals surface area contributed by atoms with Crippen molar-refractivity contribution in [2.45, 2.75) is 19.6 Å². The zero-order chi connectivity index (χ0) is 21.2. The van der Waals surface area contributed by atoms with Gasteiger partial charge in [-0.15, -0.1) is 0 Å². The number of carbonyl (C=O) groups excluding carboxylic acids is 1. The monoisotopic (exact) mass is 419 g/mol. The van der Waals surface area contributed by atoms with Crippen LogP contribution in [-0.4, -0.2) is 39.3 Å². The van der Waals surface area contributed by atoms with Crippen molar-refractivity contribution in [2.24, 2.45) is 0 Å². The first-order valence-electron chi connectivity index (χ1n) is 7.65. The molecule has 1 aromatic heterocycles. The summed E-state index contributed by atoms with van der Waals surface area (Å²) in [6.45, 7) is 0.407. The lowest BCUT2D eigenvalue weighted by atomic mass is 10.00. The van der Waals surface area contributed by atoms with E-state index in [9.17, 15) is 32.7 Å². The molecule has 2 aromatic rings. The second-order valence-electron chi connectivity index (χ2n) is 5.58. The molecule has 0 atom stereocenters. The van der Waals surface area contributed by atoms with Gasteiger partial charge in [-0.2, -0.15) is 13.2 Å². The lowest BCUT2D eigenvalue weighted by Crippen LogP contribution is -2.19. The van der Waals surface area contributed by atoms with Gasteiger partial charge in [0.15, 0.2) is 0 Å². The van der Waals surface area contributed by atoms with Crippen LogP contribution in [0.4, 0.5) is 13.2 Å². The van der Waals surface area contributed by atoms with Gasteiger partial charge in [0.25, 0.3) is 0 Å². The Balaban J connectivity index is 2.61. The van der Waals surface area contributed by atoms with Crippen LogP contribution in [0, 0.1) is 6.92 Å². The minimum absolute atomic E-state index is 0.0150. The first-order valence-corrected chi connectivity index (χ1v) is 8.03. The second kappa shape index (κ2) is 7.93. The Hall–Kier alpha value is -3.01. The van der Waals surface area contributed by atoms with E-state index in [1.807, 2.05) is 0 Å². The van der Waals surface area contributed by atoms with Crippen molar-refractivity contribution in [1.82, 2.24) is 4.57 Å². The molecule has 0 fully saturated rings. The van der Waals surface area contributed by atoms with Gasteiger partial charge in [0, 0.05) is 5.56 Å². The minimum atomic E-state index is -4.72. The Morgan fingerprint density at radius 3 is 2.32 bits per heavy atom. The molecule has 28 heavy (non-hydrogen) atoms. The maximum absolute atomic E-state index is 13.4. The number of aliphatic carboxylic acids is 1. The van der Waals surface area contributed by atoms with E-state index in [-0.39, 0.29) is 28.5 Å². The van der Waals surface area contributed by atoms with Gasteiger partial charge >= 0.3 is 24.1 Å². The summed E-state index contributed by atoms with van der Waals surface area (Å²) in [6, 6.07) is 4.53. The van der Waals surface area contributed by atoms with Crippen LogP contribution >= 0.6 is 11.6 Å². The molecule has 2 rings (SSSR count). The largest absolute Gasteiger partial charge is 0.478 e. The molecular weight excluding hydrogens is 407 g/mol. The summed E-state index contributed by atoms with van der Waals surface area (Å²) in [6.07, 6.45) is -4.72. The van der Waals surface area contributed by atoms with Crippen LogP contribution in [0.15, 0.2) is 24.3 Å². The molecule has 0 aliphatic heterocycles. The fourth-order valence-corrected chi connectivity index (χ4v) is 3.13. The van der Waals surface area contributed by atoms with Gasteiger partial charge in [0.05, 0.1) is 23.4 Å². The molecule has 0 unspecified atom stereocenters. The summed E-state index contributed by atoms with van der Waals surface area (Å²) < 4.78 is 45.8. The SMILES string of the molecule is Cc1c(C(=O)O)c(Cl)n(CCOC(=O)C(=O)O)c1-c1ccccc1C(F)(F)F. The quantitative estimate of drug-likeness (QED) is 0.568. The number of carboxylic acids is 2. The molecule has 0 amide bonds. The second-order valence-corrected chi connectivity index (χ2v) is 5.94. The summed E-state index contributed by atoms with van der Waals surface area (Å²) in [4.78, 5) is 33.0. The average Bonchev–Trinajstić information content (AvgIpc) is 2.84. The fraction of sp³-hybridized carbons (Fsp3) is 0.235. The Bertz CT molecular complexity index is 951. The van der Waals surface area contributed by atoms with Gasteiger partial charge in [-0.3, -0.25) is 0 Å². The molecule has 0 aliphatic carbocycles. The van der Waals surface area contributed by atoms with Crippen molar-refractivity contribution in [3.63, 3.8) is 0 Å². The van der Waals surface area contributed by atoms with Crippen molar-refractivity contribution in [1.29, 1.82) is 0 Å². The van der Waals surface area contributed by atoms with Crippen LogP contribution in [0.2, 0.25) is 5.15 Å². The molecule has 7 nitrogen and oxygen atoms in total. The number of benzene rings is 1. The predicted molar refractivity (Wildman–Crippen MR) is 90.2 cm³/mol. The maximum Gasteiger partial charge on any atom is 0.417 e. The number of aromatic carboxylic acids is 1. The predicted octanol–water partition coefficient (Wildman–Crippen LogP) is 3.46. The van der Waals surface area contributed by atoms with Crippen molar-refractivity contribution in [3.05, 3.63) is 46.1 Å². The smallest absolute Gasteiger partial charge is 0.417 e. The molecular formula is C17H13ClF3NO6. The summed E-state index contributed by atoms with van der Waals surface area (Å²) in [5, 5.41) is 17.5. The summed E-state index contributed by atoms with van der Waals surface area (Å²) in [5.41, 5.74) is -1.86. The highest BCUT2D eigenvalue weighted by Gasteiger charge is 2.36. The number of alkyl halides is 3. The van der Waals surface area contributed by atoms with E-state index < -0.39 is 41.8 Å². The first-order chi connectivity index (χ1) is 13.0. The first kappa shape index (κ1) is 21.3. The van der Waals surface area contributed by atoms with E-state index in [0.29, 0.717) is 0 Å². The molecule has 11 heteroatoms. The maximum atomic E-state index is 13.4. The Kier molecular flexibility index (Phi) is 6.03. The number of carbonyl (C=O) groups is 3. The molecule has 0 spiro atoms. The molecule has 0 saturated heterocycles. The van der Waals surface area contributed by atoms with Crippen LogP contribution in [0.25, 0.3) is 11.3 Å². The number of hydrogen-bond acceptors (Lipinski definition) is 4. The number of esters is 1. The lowest BCUT2D eigenvalue weighted by Gasteiger charge is -2.16. The number of nitrogens with zero attached hydrogens (tertiary/aromatic N) is 1. The average molecular weight is 420 g/mol. The van der Waals surface area contributed by atoms with Gasteiger partial charge in [0.1, 0.15) is 11.8 Å². The lowest BCUT2D eigenvalue weighted by molar-refractivity contribution is -0.164. The number of rotatable bonds is 5. The Labute approximate surface area is 160 Å². The summed E-state index contributed by atoms with van der Waals surface area (Å²) in [5.74, 6) is -4.85. The molecule has 150 valence electrons. The van der Waals surface area contributed by atoms with E-state index in [0.717, 1.165) is 16.7 Å². The van der Waals surface area contributed by atoms with Crippen molar-refractivity contribution in [2.75, 3.05) is 6.61 Å². The zero-order valence-corrected chi connectivity index (χ0v) is 15.0.